The Labute approximate surface area is 115 Å². The third-order valence-electron chi connectivity index (χ3n) is 5.07. The van der Waals surface area contributed by atoms with E-state index in [2.05, 4.69) is 6.92 Å². The maximum atomic E-state index is 12.8. The molecule has 108 valence electrons. The van der Waals surface area contributed by atoms with Gasteiger partial charge < -0.3 is 10.0 Å². The first-order chi connectivity index (χ1) is 9.09. The van der Waals surface area contributed by atoms with Crippen LogP contribution < -0.4 is 0 Å². The number of nitrogens with zero attached hydrogens (tertiary/aromatic N) is 1. The van der Waals surface area contributed by atoms with E-state index in [1.165, 1.54) is 6.42 Å². The van der Waals surface area contributed by atoms with Gasteiger partial charge in [0.1, 0.15) is 0 Å². The van der Waals surface area contributed by atoms with E-state index in [0.29, 0.717) is 31.8 Å². The monoisotopic (exact) mass is 267 g/mol. The molecule has 4 heteroatoms. The predicted molar refractivity (Wildman–Crippen MR) is 72.7 cm³/mol. The van der Waals surface area contributed by atoms with E-state index in [9.17, 15) is 9.59 Å². The van der Waals surface area contributed by atoms with E-state index in [4.69, 9.17) is 5.11 Å². The molecule has 2 aliphatic rings. The van der Waals surface area contributed by atoms with Gasteiger partial charge in [-0.2, -0.15) is 0 Å². The second-order valence-electron chi connectivity index (χ2n) is 6.10. The maximum absolute atomic E-state index is 12.8. The summed E-state index contributed by atoms with van der Waals surface area (Å²) in [4.78, 5) is 25.6. The fourth-order valence-corrected chi connectivity index (χ4v) is 3.61. The molecular weight excluding hydrogens is 242 g/mol. The molecule has 1 amide bonds. The van der Waals surface area contributed by atoms with Crippen LogP contribution in [0.15, 0.2) is 0 Å². The number of hydrogen-bond donors (Lipinski definition) is 1. The second kappa shape index (κ2) is 5.93. The number of carboxylic acids is 1. The Morgan fingerprint density at radius 3 is 2.21 bits per heavy atom. The molecule has 0 bridgehead atoms. The number of piperidine rings is 1. The highest BCUT2D eigenvalue weighted by Crippen LogP contribution is 2.41. The molecule has 1 heterocycles. The largest absolute Gasteiger partial charge is 0.481 e. The Morgan fingerprint density at radius 1 is 1.16 bits per heavy atom. The van der Waals surface area contributed by atoms with Crippen molar-refractivity contribution in [1.29, 1.82) is 0 Å². The third-order valence-corrected chi connectivity index (χ3v) is 5.07. The number of carbonyl (C=O) groups excluding carboxylic acids is 1. The second-order valence-corrected chi connectivity index (χ2v) is 6.10. The first-order valence-corrected chi connectivity index (χ1v) is 7.61. The van der Waals surface area contributed by atoms with Gasteiger partial charge in [0, 0.05) is 18.5 Å². The Kier molecular flexibility index (Phi) is 4.48. The maximum Gasteiger partial charge on any atom is 0.306 e. The highest BCUT2D eigenvalue weighted by molar-refractivity contribution is 5.83. The number of carboxylic acid groups (broad SMARTS) is 1. The quantitative estimate of drug-likeness (QED) is 0.855. The van der Waals surface area contributed by atoms with Crippen LogP contribution in [0.2, 0.25) is 0 Å². The first kappa shape index (κ1) is 14.4. The van der Waals surface area contributed by atoms with Crippen molar-refractivity contribution >= 4 is 11.9 Å². The summed E-state index contributed by atoms with van der Waals surface area (Å²) >= 11 is 0. The average molecular weight is 267 g/mol. The lowest BCUT2D eigenvalue weighted by atomic mass is 9.71. The molecule has 1 saturated carbocycles. The molecule has 0 radical (unpaired) electrons. The van der Waals surface area contributed by atoms with Gasteiger partial charge in [-0.15, -0.1) is 0 Å². The smallest absolute Gasteiger partial charge is 0.306 e. The Balaban J connectivity index is 1.98. The molecule has 2 rings (SSSR count). The van der Waals surface area contributed by atoms with Crippen LogP contribution >= 0.6 is 0 Å². The van der Waals surface area contributed by atoms with Crippen molar-refractivity contribution in [2.45, 2.75) is 58.3 Å². The molecule has 0 unspecified atom stereocenters. The number of likely N-dealkylation sites (tertiary alicyclic amines) is 1. The summed E-state index contributed by atoms with van der Waals surface area (Å²) < 4.78 is 0. The van der Waals surface area contributed by atoms with Crippen molar-refractivity contribution < 1.29 is 14.7 Å². The highest BCUT2D eigenvalue weighted by atomic mass is 16.4. The van der Waals surface area contributed by atoms with Crippen LogP contribution in [-0.4, -0.2) is 35.0 Å². The minimum absolute atomic E-state index is 0.145. The molecule has 1 aliphatic carbocycles. The number of rotatable bonds is 3. The van der Waals surface area contributed by atoms with Crippen LogP contribution in [0.4, 0.5) is 0 Å². The zero-order valence-corrected chi connectivity index (χ0v) is 11.9. The van der Waals surface area contributed by atoms with Gasteiger partial charge in [-0.05, 0) is 32.1 Å². The Bertz CT molecular complexity index is 339. The zero-order valence-electron chi connectivity index (χ0n) is 11.9. The van der Waals surface area contributed by atoms with Crippen LogP contribution in [0.3, 0.4) is 0 Å². The fraction of sp³-hybridized carbons (Fsp3) is 0.867. The van der Waals surface area contributed by atoms with Crippen molar-refractivity contribution in [3.05, 3.63) is 0 Å². The van der Waals surface area contributed by atoms with Gasteiger partial charge in [-0.25, -0.2) is 0 Å². The zero-order chi connectivity index (χ0) is 13.9. The number of hydrogen-bond acceptors (Lipinski definition) is 2. The molecule has 0 aromatic heterocycles. The lowest BCUT2D eigenvalue weighted by Crippen LogP contribution is -2.48. The van der Waals surface area contributed by atoms with Crippen molar-refractivity contribution in [2.24, 2.45) is 11.3 Å². The van der Waals surface area contributed by atoms with Gasteiger partial charge in [-0.1, -0.05) is 26.2 Å². The number of amides is 1. The third kappa shape index (κ3) is 2.93. The van der Waals surface area contributed by atoms with Gasteiger partial charge >= 0.3 is 5.97 Å². The van der Waals surface area contributed by atoms with Crippen molar-refractivity contribution in [3.8, 4) is 0 Å². The lowest BCUT2D eigenvalue weighted by molar-refractivity contribution is -0.150. The Morgan fingerprint density at radius 2 is 1.74 bits per heavy atom. The molecule has 2 fully saturated rings. The van der Waals surface area contributed by atoms with Gasteiger partial charge in [0.15, 0.2) is 0 Å². The lowest BCUT2D eigenvalue weighted by Gasteiger charge is -2.41. The summed E-state index contributed by atoms with van der Waals surface area (Å²) in [5, 5.41) is 9.01. The molecular formula is C15H25NO3. The molecule has 0 atom stereocenters. The minimum atomic E-state index is -0.713. The fourth-order valence-electron chi connectivity index (χ4n) is 3.61. The Hall–Kier alpha value is -1.06. The van der Waals surface area contributed by atoms with E-state index in [0.717, 1.165) is 32.1 Å². The normalized spacial score (nSPS) is 24.2. The van der Waals surface area contributed by atoms with Crippen LogP contribution in [0.25, 0.3) is 0 Å². The van der Waals surface area contributed by atoms with E-state index >= 15 is 0 Å². The molecule has 0 spiro atoms. The molecule has 1 saturated heterocycles. The highest BCUT2D eigenvalue weighted by Gasteiger charge is 2.41. The van der Waals surface area contributed by atoms with Gasteiger partial charge in [0.2, 0.25) is 5.91 Å². The summed E-state index contributed by atoms with van der Waals surface area (Å²) in [7, 11) is 0. The van der Waals surface area contributed by atoms with Crippen molar-refractivity contribution in [3.63, 3.8) is 0 Å². The average Bonchev–Trinajstić information content (AvgIpc) is 2.47. The molecule has 4 nitrogen and oxygen atoms in total. The predicted octanol–water partition coefficient (Wildman–Crippen LogP) is 2.67. The van der Waals surface area contributed by atoms with Crippen molar-refractivity contribution in [2.75, 3.05) is 13.1 Å². The summed E-state index contributed by atoms with van der Waals surface area (Å²) in [5.41, 5.74) is -0.145. The van der Waals surface area contributed by atoms with E-state index in [1.54, 1.807) is 0 Å². The van der Waals surface area contributed by atoms with Gasteiger partial charge in [0.05, 0.1) is 5.92 Å². The van der Waals surface area contributed by atoms with E-state index in [-0.39, 0.29) is 11.3 Å². The summed E-state index contributed by atoms with van der Waals surface area (Å²) in [6.45, 7) is 3.36. The molecule has 0 aromatic rings. The van der Waals surface area contributed by atoms with Gasteiger partial charge in [-0.3, -0.25) is 9.59 Å². The number of aliphatic carboxylic acids is 1. The summed E-state index contributed by atoms with van der Waals surface area (Å²) in [6.07, 6.45) is 7.74. The van der Waals surface area contributed by atoms with Crippen LogP contribution in [0.1, 0.15) is 58.3 Å². The van der Waals surface area contributed by atoms with Crippen LogP contribution in [0.5, 0.6) is 0 Å². The molecule has 1 aliphatic heterocycles. The van der Waals surface area contributed by atoms with Crippen LogP contribution in [0, 0.1) is 11.3 Å². The first-order valence-electron chi connectivity index (χ1n) is 7.61. The van der Waals surface area contributed by atoms with E-state index in [1.807, 2.05) is 4.90 Å². The van der Waals surface area contributed by atoms with Crippen molar-refractivity contribution in [1.82, 2.24) is 4.90 Å². The van der Waals surface area contributed by atoms with E-state index < -0.39 is 5.97 Å². The number of carbonyl (C=O) groups is 2. The van der Waals surface area contributed by atoms with Gasteiger partial charge in [0.25, 0.3) is 0 Å². The summed E-state index contributed by atoms with van der Waals surface area (Å²) in [6, 6.07) is 0. The summed E-state index contributed by atoms with van der Waals surface area (Å²) in [5.74, 6) is -0.679. The molecule has 19 heavy (non-hydrogen) atoms. The molecule has 0 aromatic carbocycles. The standard InChI is InChI=1S/C15H25NO3/c1-2-15(8-4-3-5-9-15)14(19)16-10-6-12(7-11-16)13(17)18/h12H,2-11H2,1H3,(H,17,18). The topological polar surface area (TPSA) is 57.6 Å². The minimum Gasteiger partial charge on any atom is -0.481 e. The van der Waals surface area contributed by atoms with Crippen LogP contribution in [-0.2, 0) is 9.59 Å². The molecule has 1 N–H and O–H groups in total. The SMILES string of the molecule is CCC1(C(=O)N2CCC(C(=O)O)CC2)CCCCC1.